The van der Waals surface area contributed by atoms with Crippen LogP contribution in [0, 0.1) is 40.4 Å². The maximum Gasteiger partial charge on any atom is 0.304 e. The molecule has 3 saturated carbocycles. The second-order valence-corrected chi connectivity index (χ2v) is 10.7. The van der Waals surface area contributed by atoms with Crippen LogP contribution in [-0.2, 0) is 23.9 Å². The van der Waals surface area contributed by atoms with Crippen LogP contribution in [-0.4, -0.2) is 30.9 Å². The normalized spacial score (nSPS) is 43.9. The second kappa shape index (κ2) is 7.58. The fraction of sp³-hybridized carbons (Fsp3) is 0.800. The highest BCUT2D eigenvalue weighted by Gasteiger charge is 2.63. The number of fused-ring (bicyclic) bond motifs is 5. The number of ketones is 2. The van der Waals surface area contributed by atoms with E-state index in [0.717, 1.165) is 25.7 Å². The molecule has 3 unspecified atom stereocenters. The Labute approximate surface area is 179 Å². The van der Waals surface area contributed by atoms with Gasteiger partial charge in [0.25, 0.3) is 0 Å². The van der Waals surface area contributed by atoms with E-state index in [-0.39, 0.29) is 28.5 Å². The molecule has 5 heteroatoms. The summed E-state index contributed by atoms with van der Waals surface area (Å²) in [6.45, 7) is 8.08. The van der Waals surface area contributed by atoms with Crippen molar-refractivity contribution in [1.29, 1.82) is 0 Å². The molecule has 3 fully saturated rings. The third-order valence-electron chi connectivity index (χ3n) is 9.48. The lowest BCUT2D eigenvalue weighted by atomic mass is 9.44. The highest BCUT2D eigenvalue weighted by atomic mass is 16.7. The highest BCUT2D eigenvalue weighted by molar-refractivity contribution is 5.92. The van der Waals surface area contributed by atoms with Gasteiger partial charge in [-0.25, -0.2) is 0 Å². The Hall–Kier alpha value is -1.49. The summed E-state index contributed by atoms with van der Waals surface area (Å²) in [7, 11) is 1.56. The maximum atomic E-state index is 13.2. The summed E-state index contributed by atoms with van der Waals surface area (Å²) >= 11 is 0. The van der Waals surface area contributed by atoms with Crippen LogP contribution in [0.3, 0.4) is 0 Å². The van der Waals surface area contributed by atoms with E-state index in [1.165, 1.54) is 12.5 Å². The molecule has 0 spiro atoms. The first kappa shape index (κ1) is 21.7. The van der Waals surface area contributed by atoms with Gasteiger partial charge in [-0.05, 0) is 73.7 Å². The molecule has 8 atom stereocenters. The van der Waals surface area contributed by atoms with Gasteiger partial charge in [0.05, 0.1) is 0 Å². The summed E-state index contributed by atoms with van der Waals surface area (Å²) in [5.41, 5.74) is 0.994. The molecule has 0 aromatic carbocycles. The third-order valence-corrected chi connectivity index (χ3v) is 9.48. The first-order chi connectivity index (χ1) is 14.1. The SMILES string of the molecule is COC(CC1CC(=O)[C@@]2(C)CC[C@@H]3[C@@H](CCC4CC(=O)C=C(C)[C@@]43C)[C@H]12)OC(C)=O. The molecule has 30 heavy (non-hydrogen) atoms. The first-order valence-electron chi connectivity index (χ1n) is 11.6. The number of carbonyl (C=O) groups excluding carboxylic acids is 3. The molecule has 0 heterocycles. The Kier molecular flexibility index (Phi) is 5.49. The summed E-state index contributed by atoms with van der Waals surface area (Å²) in [5.74, 6) is 2.14. The summed E-state index contributed by atoms with van der Waals surface area (Å²) in [6.07, 6.45) is 7.20. The van der Waals surface area contributed by atoms with Crippen molar-refractivity contribution in [1.82, 2.24) is 0 Å². The lowest BCUT2D eigenvalue weighted by Gasteiger charge is -2.60. The second-order valence-electron chi connectivity index (χ2n) is 10.7. The van der Waals surface area contributed by atoms with E-state index >= 15 is 0 Å². The highest BCUT2D eigenvalue weighted by Crippen LogP contribution is 2.67. The Balaban J connectivity index is 1.66. The monoisotopic (exact) mass is 416 g/mol. The van der Waals surface area contributed by atoms with Crippen molar-refractivity contribution in [2.24, 2.45) is 40.4 Å². The van der Waals surface area contributed by atoms with Gasteiger partial charge in [0, 0.05) is 38.7 Å². The van der Waals surface area contributed by atoms with Gasteiger partial charge >= 0.3 is 5.97 Å². The molecule has 5 nitrogen and oxygen atoms in total. The van der Waals surface area contributed by atoms with Gasteiger partial charge in [-0.1, -0.05) is 19.4 Å². The predicted molar refractivity (Wildman–Crippen MR) is 112 cm³/mol. The first-order valence-corrected chi connectivity index (χ1v) is 11.6. The largest absolute Gasteiger partial charge is 0.436 e. The molecule has 0 amide bonds. The Bertz CT molecular complexity index is 784. The van der Waals surface area contributed by atoms with Gasteiger partial charge in [0.15, 0.2) is 5.78 Å². The molecule has 0 aromatic heterocycles. The average Bonchev–Trinajstić information content (AvgIpc) is 2.92. The molecule has 0 bridgehead atoms. The van der Waals surface area contributed by atoms with Crippen LogP contribution in [0.2, 0.25) is 0 Å². The lowest BCUT2D eigenvalue weighted by molar-refractivity contribution is -0.177. The minimum Gasteiger partial charge on any atom is -0.436 e. The van der Waals surface area contributed by atoms with Gasteiger partial charge in [0.1, 0.15) is 5.78 Å². The Morgan fingerprint density at radius 1 is 1.20 bits per heavy atom. The standard InChI is InChI=1S/C25H36O5/c1-14-10-18(27)13-17-6-7-19-20(25(14,17)4)8-9-24(3)21(28)11-16(23(19)24)12-22(29-5)30-15(2)26/h10,16-17,19-20,22-23H,6-9,11-13H2,1-5H3/t16?,17?,19-,20-,22?,23+,24-,25+/m1/s1. The number of esters is 1. The van der Waals surface area contributed by atoms with Crippen molar-refractivity contribution < 1.29 is 23.9 Å². The van der Waals surface area contributed by atoms with Crippen molar-refractivity contribution in [2.45, 2.75) is 78.9 Å². The summed E-state index contributed by atoms with van der Waals surface area (Å²) in [4.78, 5) is 36.9. The molecule has 0 aromatic rings. The summed E-state index contributed by atoms with van der Waals surface area (Å²) in [6, 6.07) is 0. The quantitative estimate of drug-likeness (QED) is 0.499. The van der Waals surface area contributed by atoms with E-state index in [4.69, 9.17) is 9.47 Å². The van der Waals surface area contributed by atoms with Crippen LogP contribution in [0.5, 0.6) is 0 Å². The van der Waals surface area contributed by atoms with Crippen molar-refractivity contribution in [3.63, 3.8) is 0 Å². The molecule has 0 N–H and O–H groups in total. The minimum absolute atomic E-state index is 0.0465. The number of allylic oxidation sites excluding steroid dienone is 2. The van der Waals surface area contributed by atoms with E-state index in [1.54, 1.807) is 7.11 Å². The van der Waals surface area contributed by atoms with Gasteiger partial charge in [0.2, 0.25) is 6.29 Å². The van der Waals surface area contributed by atoms with E-state index in [2.05, 4.69) is 20.8 Å². The topological polar surface area (TPSA) is 69.7 Å². The van der Waals surface area contributed by atoms with Gasteiger partial charge in [-0.2, -0.15) is 0 Å². The lowest BCUT2D eigenvalue weighted by Crippen LogP contribution is -2.54. The smallest absolute Gasteiger partial charge is 0.304 e. The fourth-order valence-electron chi connectivity index (χ4n) is 7.96. The van der Waals surface area contributed by atoms with Crippen LogP contribution in [0.4, 0.5) is 0 Å². The molecule has 4 rings (SSSR count). The van der Waals surface area contributed by atoms with Gasteiger partial charge in [-0.3, -0.25) is 14.4 Å². The summed E-state index contributed by atoms with van der Waals surface area (Å²) in [5, 5.41) is 0. The van der Waals surface area contributed by atoms with E-state index in [9.17, 15) is 14.4 Å². The number of hydrogen-bond donors (Lipinski definition) is 0. The van der Waals surface area contributed by atoms with Crippen molar-refractivity contribution in [2.75, 3.05) is 7.11 Å². The van der Waals surface area contributed by atoms with E-state index in [1.807, 2.05) is 6.08 Å². The minimum atomic E-state index is -0.594. The van der Waals surface area contributed by atoms with Crippen molar-refractivity contribution in [3.8, 4) is 0 Å². The Morgan fingerprint density at radius 2 is 1.93 bits per heavy atom. The number of hydrogen-bond acceptors (Lipinski definition) is 5. The number of ether oxygens (including phenoxy) is 2. The molecule has 0 radical (unpaired) electrons. The number of methoxy groups -OCH3 is 1. The molecule has 166 valence electrons. The van der Waals surface area contributed by atoms with Crippen molar-refractivity contribution >= 4 is 17.5 Å². The van der Waals surface area contributed by atoms with E-state index in [0.29, 0.717) is 48.7 Å². The van der Waals surface area contributed by atoms with Crippen LogP contribution in [0.1, 0.15) is 72.6 Å². The van der Waals surface area contributed by atoms with Crippen molar-refractivity contribution in [3.05, 3.63) is 11.6 Å². The molecule has 0 aliphatic heterocycles. The maximum absolute atomic E-state index is 13.2. The molecular formula is C25H36O5. The third kappa shape index (κ3) is 3.19. The van der Waals surface area contributed by atoms with Gasteiger partial charge < -0.3 is 9.47 Å². The summed E-state index contributed by atoms with van der Waals surface area (Å²) < 4.78 is 10.8. The van der Waals surface area contributed by atoms with Crippen LogP contribution < -0.4 is 0 Å². The van der Waals surface area contributed by atoms with Crippen LogP contribution >= 0.6 is 0 Å². The number of Topliss-reactive ketones (excluding diaryl/α,β-unsaturated/α-hetero) is 1. The molecule has 0 saturated heterocycles. The van der Waals surface area contributed by atoms with Crippen LogP contribution in [0.25, 0.3) is 0 Å². The molecular weight excluding hydrogens is 380 g/mol. The number of rotatable bonds is 4. The van der Waals surface area contributed by atoms with E-state index < -0.39 is 6.29 Å². The zero-order valence-electron chi connectivity index (χ0n) is 19.0. The molecule has 4 aliphatic rings. The Morgan fingerprint density at radius 3 is 2.60 bits per heavy atom. The molecule has 4 aliphatic carbocycles. The van der Waals surface area contributed by atoms with Crippen LogP contribution in [0.15, 0.2) is 11.6 Å². The predicted octanol–water partition coefficient (Wildman–Crippen LogP) is 4.49. The average molecular weight is 417 g/mol. The fourth-order valence-corrected chi connectivity index (χ4v) is 7.96. The van der Waals surface area contributed by atoms with Gasteiger partial charge in [-0.15, -0.1) is 0 Å². The number of carbonyl (C=O) groups is 3. The zero-order valence-corrected chi connectivity index (χ0v) is 19.0. The zero-order chi connectivity index (χ0) is 21.8.